The maximum atomic E-state index is 11.8. The molecule has 2 saturated carbocycles. The van der Waals surface area contributed by atoms with Crippen LogP contribution in [0.4, 0.5) is 0 Å². The van der Waals surface area contributed by atoms with Crippen LogP contribution in [0.2, 0.25) is 0 Å². The number of carbonyl (C=O) groups is 4. The number of ether oxygens (including phenoxy) is 3. The van der Waals surface area contributed by atoms with Crippen LogP contribution >= 0.6 is 0 Å². The van der Waals surface area contributed by atoms with Gasteiger partial charge in [0.15, 0.2) is 6.61 Å². The zero-order valence-corrected chi connectivity index (χ0v) is 12.4. The highest BCUT2D eigenvalue weighted by molar-refractivity contribution is 5.88. The van der Waals surface area contributed by atoms with Crippen LogP contribution in [0.1, 0.15) is 13.3 Å². The molecule has 3 rings (SSSR count). The summed E-state index contributed by atoms with van der Waals surface area (Å²) in [7, 11) is 0. The molecule has 8 heteroatoms. The lowest BCUT2D eigenvalue weighted by molar-refractivity contribution is -0.170. The van der Waals surface area contributed by atoms with Crippen molar-refractivity contribution in [2.45, 2.75) is 25.6 Å². The molecule has 0 aromatic carbocycles. The molecule has 6 atom stereocenters. The maximum absolute atomic E-state index is 11.8. The average Bonchev–Trinajstić information content (AvgIpc) is 3.07. The zero-order chi connectivity index (χ0) is 16.9. The Morgan fingerprint density at radius 2 is 2.04 bits per heavy atom. The van der Waals surface area contributed by atoms with Gasteiger partial charge in [0, 0.05) is 17.4 Å². The van der Waals surface area contributed by atoms with Gasteiger partial charge < -0.3 is 19.3 Å². The third-order valence-corrected chi connectivity index (χ3v) is 4.77. The average molecular weight is 324 g/mol. The van der Waals surface area contributed by atoms with E-state index in [0.29, 0.717) is 6.42 Å². The van der Waals surface area contributed by atoms with Crippen molar-refractivity contribution in [2.24, 2.45) is 23.7 Å². The summed E-state index contributed by atoms with van der Waals surface area (Å²) in [5, 5.41) is 9.33. The summed E-state index contributed by atoms with van der Waals surface area (Å²) in [6.45, 7) is 4.23. The van der Waals surface area contributed by atoms with Gasteiger partial charge in [0.2, 0.25) is 0 Å². The van der Waals surface area contributed by atoms with Crippen LogP contribution in [0, 0.1) is 23.7 Å². The second-order valence-electron chi connectivity index (χ2n) is 6.17. The van der Waals surface area contributed by atoms with Crippen LogP contribution in [0.3, 0.4) is 0 Å². The van der Waals surface area contributed by atoms with Crippen molar-refractivity contribution < 1.29 is 38.5 Å². The molecule has 23 heavy (non-hydrogen) atoms. The van der Waals surface area contributed by atoms with Crippen molar-refractivity contribution in [1.82, 2.24) is 0 Å². The van der Waals surface area contributed by atoms with Crippen molar-refractivity contribution >= 4 is 23.9 Å². The van der Waals surface area contributed by atoms with Crippen molar-refractivity contribution in [2.75, 3.05) is 6.61 Å². The fourth-order valence-corrected chi connectivity index (χ4v) is 3.92. The number of aliphatic carboxylic acids is 1. The van der Waals surface area contributed by atoms with Crippen LogP contribution in [0.5, 0.6) is 0 Å². The first-order valence-corrected chi connectivity index (χ1v) is 7.26. The van der Waals surface area contributed by atoms with Crippen molar-refractivity contribution in [3.63, 3.8) is 0 Å². The maximum Gasteiger partial charge on any atom is 0.344 e. The monoisotopic (exact) mass is 324 g/mol. The Hall–Kier alpha value is -2.38. The standard InChI is InChI=1S/C15H16O8/c1-5(2)14(19)21-4-8(16)22-11-6-3-7-10(9(6)13(17)18)15(20)23-12(7)11/h6-7,9-12H,1,3-4H2,2H3,(H,17,18). The van der Waals surface area contributed by atoms with Gasteiger partial charge in [-0.1, -0.05) is 6.58 Å². The Balaban J connectivity index is 1.66. The first-order valence-electron chi connectivity index (χ1n) is 7.26. The predicted molar refractivity (Wildman–Crippen MR) is 71.7 cm³/mol. The van der Waals surface area contributed by atoms with Crippen LogP contribution in [0.15, 0.2) is 12.2 Å². The molecular weight excluding hydrogens is 308 g/mol. The SMILES string of the molecule is C=C(C)C(=O)OCC(=O)OC1C2CC3C1OC(=O)C3C2C(=O)O. The lowest BCUT2D eigenvalue weighted by Gasteiger charge is -2.29. The van der Waals surface area contributed by atoms with Gasteiger partial charge in [-0.15, -0.1) is 0 Å². The molecule has 3 aliphatic rings. The summed E-state index contributed by atoms with van der Waals surface area (Å²) in [5.41, 5.74) is 0.149. The van der Waals surface area contributed by atoms with Crippen LogP contribution < -0.4 is 0 Å². The largest absolute Gasteiger partial charge is 0.481 e. The topological polar surface area (TPSA) is 116 Å². The van der Waals surface area contributed by atoms with E-state index in [9.17, 15) is 24.3 Å². The third-order valence-electron chi connectivity index (χ3n) is 4.77. The molecule has 2 aliphatic carbocycles. The summed E-state index contributed by atoms with van der Waals surface area (Å²) in [5.74, 6) is -5.40. The highest BCUT2D eigenvalue weighted by atomic mass is 16.6. The van der Waals surface area contributed by atoms with Crippen LogP contribution in [-0.2, 0) is 33.4 Å². The van der Waals surface area contributed by atoms with Gasteiger partial charge in [0.25, 0.3) is 0 Å². The van der Waals surface area contributed by atoms with E-state index in [-0.39, 0.29) is 11.5 Å². The van der Waals surface area contributed by atoms with E-state index in [0.717, 1.165) is 0 Å². The van der Waals surface area contributed by atoms with E-state index in [2.05, 4.69) is 6.58 Å². The third kappa shape index (κ3) is 2.38. The zero-order valence-electron chi connectivity index (χ0n) is 12.4. The number of carbonyl (C=O) groups excluding carboxylic acids is 3. The molecule has 1 N–H and O–H groups in total. The van der Waals surface area contributed by atoms with E-state index in [1.165, 1.54) is 6.92 Å². The molecule has 8 nitrogen and oxygen atoms in total. The van der Waals surface area contributed by atoms with Gasteiger partial charge in [-0.3, -0.25) is 9.59 Å². The smallest absolute Gasteiger partial charge is 0.344 e. The normalized spacial score (nSPS) is 36.5. The molecule has 6 unspecified atom stereocenters. The van der Waals surface area contributed by atoms with Crippen molar-refractivity contribution in [3.8, 4) is 0 Å². The molecule has 1 aliphatic heterocycles. The summed E-state index contributed by atoms with van der Waals surface area (Å²) < 4.78 is 15.1. The minimum absolute atomic E-state index is 0.149. The molecule has 0 aromatic heterocycles. The van der Waals surface area contributed by atoms with Gasteiger partial charge in [-0.25, -0.2) is 9.59 Å². The number of rotatable bonds is 5. The number of carboxylic acids is 1. The Morgan fingerprint density at radius 3 is 2.65 bits per heavy atom. The number of carboxylic acid groups (broad SMARTS) is 1. The molecule has 0 amide bonds. The van der Waals surface area contributed by atoms with Crippen molar-refractivity contribution in [3.05, 3.63) is 12.2 Å². The fourth-order valence-electron chi connectivity index (χ4n) is 3.92. The van der Waals surface area contributed by atoms with E-state index in [1.54, 1.807) is 0 Å². The molecular formula is C15H16O8. The van der Waals surface area contributed by atoms with Crippen LogP contribution in [-0.4, -0.2) is 47.8 Å². The minimum atomic E-state index is -1.09. The summed E-state index contributed by atoms with van der Waals surface area (Å²) in [6, 6.07) is 0. The highest BCUT2D eigenvalue weighted by Crippen LogP contribution is 2.58. The van der Waals surface area contributed by atoms with E-state index in [4.69, 9.17) is 14.2 Å². The first-order chi connectivity index (χ1) is 10.8. The molecule has 1 heterocycles. The summed E-state index contributed by atoms with van der Waals surface area (Å²) in [6.07, 6.45) is -0.935. The Labute approximate surface area is 131 Å². The molecule has 0 radical (unpaired) electrons. The Kier molecular flexibility index (Phi) is 3.62. The molecule has 0 spiro atoms. The number of esters is 3. The van der Waals surface area contributed by atoms with E-state index < -0.39 is 60.4 Å². The fraction of sp³-hybridized carbons (Fsp3) is 0.600. The van der Waals surface area contributed by atoms with Gasteiger partial charge in [0.05, 0.1) is 11.8 Å². The lowest BCUT2D eigenvalue weighted by Crippen LogP contribution is -2.43. The second-order valence-corrected chi connectivity index (χ2v) is 6.17. The van der Waals surface area contributed by atoms with Gasteiger partial charge in [-0.2, -0.15) is 0 Å². The molecule has 0 aromatic rings. The summed E-state index contributed by atoms with van der Waals surface area (Å²) in [4.78, 5) is 46.3. The molecule has 1 saturated heterocycles. The Bertz CT molecular complexity index is 609. The Morgan fingerprint density at radius 1 is 1.35 bits per heavy atom. The predicted octanol–water partition coefficient (Wildman–Crippen LogP) is -0.0904. The van der Waals surface area contributed by atoms with Gasteiger partial charge >= 0.3 is 23.9 Å². The first kappa shape index (κ1) is 15.5. The van der Waals surface area contributed by atoms with Crippen molar-refractivity contribution in [1.29, 1.82) is 0 Å². The van der Waals surface area contributed by atoms with Gasteiger partial charge in [0.1, 0.15) is 12.2 Å². The number of hydrogen-bond donors (Lipinski definition) is 1. The molecule has 3 fully saturated rings. The number of hydrogen-bond acceptors (Lipinski definition) is 7. The van der Waals surface area contributed by atoms with Gasteiger partial charge in [-0.05, 0) is 13.3 Å². The van der Waals surface area contributed by atoms with Crippen LogP contribution in [0.25, 0.3) is 0 Å². The quantitative estimate of drug-likeness (QED) is 0.424. The van der Waals surface area contributed by atoms with E-state index >= 15 is 0 Å². The minimum Gasteiger partial charge on any atom is -0.481 e. The highest BCUT2D eigenvalue weighted by Gasteiger charge is 2.69. The lowest BCUT2D eigenvalue weighted by atomic mass is 9.78. The molecule has 124 valence electrons. The number of fused-ring (bicyclic) bond motifs is 1. The second kappa shape index (κ2) is 5.36. The van der Waals surface area contributed by atoms with E-state index in [1.807, 2.05) is 0 Å². The molecule has 2 bridgehead atoms. The summed E-state index contributed by atoms with van der Waals surface area (Å²) >= 11 is 0.